The van der Waals surface area contributed by atoms with Gasteiger partial charge in [0.2, 0.25) is 5.91 Å². The molecule has 1 unspecified atom stereocenters. The zero-order valence-electron chi connectivity index (χ0n) is 12.1. The molecule has 0 bridgehead atoms. The highest BCUT2D eigenvalue weighted by atomic mass is 16.2. The third-order valence-corrected chi connectivity index (χ3v) is 5.31. The molecule has 20 heavy (non-hydrogen) atoms. The molecule has 1 N–H and O–H groups in total. The maximum atomic E-state index is 12.6. The van der Waals surface area contributed by atoms with E-state index in [2.05, 4.69) is 21.2 Å². The van der Waals surface area contributed by atoms with E-state index < -0.39 is 0 Å². The topological polar surface area (TPSA) is 59.4 Å². The second-order valence-electron chi connectivity index (χ2n) is 6.44. The van der Waals surface area contributed by atoms with Crippen LogP contribution in [-0.4, -0.2) is 61.5 Å². The van der Waals surface area contributed by atoms with Gasteiger partial charge in [0.1, 0.15) is 0 Å². The molecule has 1 atom stereocenters. The van der Waals surface area contributed by atoms with Crippen LogP contribution >= 0.6 is 0 Å². The van der Waals surface area contributed by atoms with Crippen molar-refractivity contribution in [2.75, 3.05) is 45.8 Å². The quantitative estimate of drug-likeness (QED) is 0.812. The molecular weight excluding hydrogens is 252 g/mol. The smallest absolute Gasteiger partial charge is 0.226 e. The number of nitrogens with one attached hydrogen (secondary N) is 1. The third kappa shape index (κ3) is 2.68. The van der Waals surface area contributed by atoms with Crippen molar-refractivity contribution < 1.29 is 4.79 Å². The molecule has 0 radical (unpaired) electrons. The summed E-state index contributed by atoms with van der Waals surface area (Å²) in [5.41, 5.74) is 0.347. The Morgan fingerprint density at radius 1 is 1.25 bits per heavy atom. The highest BCUT2D eigenvalue weighted by Crippen LogP contribution is 2.59. The molecule has 5 nitrogen and oxygen atoms in total. The van der Waals surface area contributed by atoms with Gasteiger partial charge in [-0.25, -0.2) is 0 Å². The predicted octanol–water partition coefficient (Wildman–Crippen LogP) is 0.434. The average molecular weight is 276 g/mol. The summed E-state index contributed by atoms with van der Waals surface area (Å²) in [6.07, 6.45) is 4.05. The van der Waals surface area contributed by atoms with Gasteiger partial charge in [-0.05, 0) is 37.8 Å². The first-order valence-electron chi connectivity index (χ1n) is 7.84. The fraction of sp³-hybridized carbons (Fsp3) is 0.867. The lowest BCUT2D eigenvalue weighted by atomic mass is 9.91. The minimum atomic E-state index is 0.301. The molecule has 3 fully saturated rings. The Labute approximate surface area is 120 Å². The normalized spacial score (nSPS) is 29.1. The molecule has 110 valence electrons. The number of carbonyl (C=O) groups is 1. The lowest BCUT2D eigenvalue weighted by Crippen LogP contribution is -2.49. The molecule has 1 amide bonds. The summed E-state index contributed by atoms with van der Waals surface area (Å²) in [5, 5.41) is 12.0. The number of amides is 1. The molecule has 3 rings (SSSR count). The van der Waals surface area contributed by atoms with Crippen LogP contribution in [0.15, 0.2) is 0 Å². The summed E-state index contributed by atoms with van der Waals surface area (Å²) in [7, 11) is 0. The van der Waals surface area contributed by atoms with Gasteiger partial charge < -0.3 is 10.2 Å². The highest BCUT2D eigenvalue weighted by Gasteiger charge is 2.58. The summed E-state index contributed by atoms with van der Waals surface area (Å²) >= 11 is 0. The maximum absolute atomic E-state index is 12.6. The predicted molar refractivity (Wildman–Crippen MR) is 75.9 cm³/mol. The highest BCUT2D eigenvalue weighted by molar-refractivity contribution is 5.82. The second kappa shape index (κ2) is 5.71. The number of hydrogen-bond donors (Lipinski definition) is 1. The number of nitrogens with zero attached hydrogens (tertiary/aromatic N) is 3. The minimum absolute atomic E-state index is 0.301. The van der Waals surface area contributed by atoms with Crippen molar-refractivity contribution in [2.45, 2.75) is 25.7 Å². The Morgan fingerprint density at radius 3 is 2.60 bits per heavy atom. The SMILES string of the molecule is N#CCCN1CCN(C(=O)C2CC23CCNCC3)CC1. The van der Waals surface area contributed by atoms with Crippen molar-refractivity contribution in [3.8, 4) is 6.07 Å². The summed E-state index contributed by atoms with van der Waals surface area (Å²) in [5.74, 6) is 0.696. The summed E-state index contributed by atoms with van der Waals surface area (Å²) < 4.78 is 0. The van der Waals surface area contributed by atoms with Crippen LogP contribution in [0.1, 0.15) is 25.7 Å². The van der Waals surface area contributed by atoms with Crippen molar-refractivity contribution in [1.29, 1.82) is 5.26 Å². The lowest BCUT2D eigenvalue weighted by molar-refractivity contribution is -0.135. The van der Waals surface area contributed by atoms with Crippen LogP contribution < -0.4 is 5.32 Å². The molecule has 0 aromatic heterocycles. The van der Waals surface area contributed by atoms with Gasteiger partial charge in [-0.1, -0.05) is 0 Å². The van der Waals surface area contributed by atoms with E-state index in [1.807, 2.05) is 0 Å². The first-order chi connectivity index (χ1) is 9.75. The van der Waals surface area contributed by atoms with Crippen LogP contribution in [0, 0.1) is 22.7 Å². The van der Waals surface area contributed by atoms with Gasteiger partial charge in [-0.2, -0.15) is 5.26 Å². The minimum Gasteiger partial charge on any atom is -0.340 e. The molecule has 2 saturated heterocycles. The number of piperidine rings is 1. The zero-order valence-corrected chi connectivity index (χ0v) is 12.1. The van der Waals surface area contributed by atoms with Gasteiger partial charge in [0.05, 0.1) is 6.07 Å². The van der Waals surface area contributed by atoms with Gasteiger partial charge >= 0.3 is 0 Å². The second-order valence-corrected chi connectivity index (χ2v) is 6.44. The van der Waals surface area contributed by atoms with Crippen LogP contribution in [-0.2, 0) is 4.79 Å². The van der Waals surface area contributed by atoms with Gasteiger partial charge in [0, 0.05) is 45.1 Å². The van der Waals surface area contributed by atoms with E-state index in [9.17, 15) is 4.79 Å². The summed E-state index contributed by atoms with van der Waals surface area (Å²) in [6, 6.07) is 2.19. The molecule has 3 aliphatic rings. The molecular formula is C15H24N4O. The van der Waals surface area contributed by atoms with Gasteiger partial charge in [0.25, 0.3) is 0 Å². The Balaban J connectivity index is 1.47. The van der Waals surface area contributed by atoms with Crippen molar-refractivity contribution in [2.24, 2.45) is 11.3 Å². The Kier molecular flexibility index (Phi) is 3.95. The van der Waals surface area contributed by atoms with Crippen LogP contribution in [0.4, 0.5) is 0 Å². The van der Waals surface area contributed by atoms with Gasteiger partial charge in [-0.3, -0.25) is 9.69 Å². The molecule has 5 heteroatoms. The fourth-order valence-corrected chi connectivity index (χ4v) is 3.79. The van der Waals surface area contributed by atoms with Crippen molar-refractivity contribution >= 4 is 5.91 Å². The maximum Gasteiger partial charge on any atom is 0.226 e. The van der Waals surface area contributed by atoms with E-state index in [0.717, 1.165) is 52.2 Å². The van der Waals surface area contributed by atoms with Gasteiger partial charge in [-0.15, -0.1) is 0 Å². The van der Waals surface area contributed by atoms with E-state index in [4.69, 9.17) is 5.26 Å². The molecule has 0 aromatic carbocycles. The summed E-state index contributed by atoms with van der Waals surface area (Å²) in [4.78, 5) is 16.9. The first-order valence-corrected chi connectivity index (χ1v) is 7.84. The number of nitriles is 1. The third-order valence-electron chi connectivity index (χ3n) is 5.31. The Hall–Kier alpha value is -1.12. The van der Waals surface area contributed by atoms with E-state index >= 15 is 0 Å². The number of hydrogen-bond acceptors (Lipinski definition) is 4. The number of piperazine rings is 1. The molecule has 1 aliphatic carbocycles. The van der Waals surface area contributed by atoms with Crippen LogP contribution in [0.3, 0.4) is 0 Å². The Morgan fingerprint density at radius 2 is 1.95 bits per heavy atom. The number of rotatable bonds is 3. The lowest BCUT2D eigenvalue weighted by Gasteiger charge is -2.35. The van der Waals surface area contributed by atoms with Crippen LogP contribution in [0.25, 0.3) is 0 Å². The molecule has 1 spiro atoms. The molecule has 0 aromatic rings. The average Bonchev–Trinajstić information content (AvgIpc) is 3.19. The largest absolute Gasteiger partial charge is 0.340 e. The van der Waals surface area contributed by atoms with Crippen molar-refractivity contribution in [3.05, 3.63) is 0 Å². The van der Waals surface area contributed by atoms with Crippen LogP contribution in [0.5, 0.6) is 0 Å². The number of carbonyl (C=O) groups excluding carboxylic acids is 1. The summed E-state index contributed by atoms with van der Waals surface area (Å²) in [6.45, 7) is 6.53. The van der Waals surface area contributed by atoms with Crippen molar-refractivity contribution in [1.82, 2.24) is 15.1 Å². The molecule has 2 aliphatic heterocycles. The zero-order chi connectivity index (χ0) is 14.0. The Bertz CT molecular complexity index is 403. The van der Waals surface area contributed by atoms with Crippen molar-refractivity contribution in [3.63, 3.8) is 0 Å². The first kappa shape index (κ1) is 13.8. The van der Waals surface area contributed by atoms with E-state index in [-0.39, 0.29) is 0 Å². The standard InChI is InChI=1S/C15H24N4O/c16-4-1-7-18-8-10-19(11-9-18)14(20)13-12-15(13)2-5-17-6-3-15/h13,17H,1-3,5-12H2. The van der Waals surface area contributed by atoms with E-state index in [1.54, 1.807) is 0 Å². The van der Waals surface area contributed by atoms with E-state index in [0.29, 0.717) is 23.7 Å². The van der Waals surface area contributed by atoms with Crippen LogP contribution in [0.2, 0.25) is 0 Å². The molecule has 1 saturated carbocycles. The molecule has 2 heterocycles. The van der Waals surface area contributed by atoms with E-state index in [1.165, 1.54) is 12.8 Å². The van der Waals surface area contributed by atoms with Gasteiger partial charge in [0.15, 0.2) is 0 Å². The monoisotopic (exact) mass is 276 g/mol. The fourth-order valence-electron chi connectivity index (χ4n) is 3.79.